The van der Waals surface area contributed by atoms with E-state index < -0.39 is 35.7 Å². The summed E-state index contributed by atoms with van der Waals surface area (Å²) in [6, 6.07) is 9.41. The molecule has 1 aromatic carbocycles. The van der Waals surface area contributed by atoms with Crippen molar-refractivity contribution in [3.63, 3.8) is 0 Å². The summed E-state index contributed by atoms with van der Waals surface area (Å²) in [7, 11) is 4.68. The van der Waals surface area contributed by atoms with Crippen molar-refractivity contribution in [1.29, 1.82) is 0 Å². The number of hydrogen-bond donors (Lipinski definition) is 0. The molecule has 3 aliphatic rings. The molecule has 0 radical (unpaired) electrons. The van der Waals surface area contributed by atoms with E-state index in [1.54, 1.807) is 30.4 Å². The van der Waals surface area contributed by atoms with Crippen LogP contribution in [0, 0.1) is 11.8 Å². The van der Waals surface area contributed by atoms with Crippen molar-refractivity contribution in [2.24, 2.45) is 11.8 Å². The number of hydrogen-bond acceptors (Lipinski definition) is 8. The van der Waals surface area contributed by atoms with Gasteiger partial charge in [0.2, 0.25) is 0 Å². The number of fused-ring (bicyclic) bond motifs is 1. The maximum Gasteiger partial charge on any atom is 0.338 e. The smallest absolute Gasteiger partial charge is 0.338 e. The molecular weight excluding hydrogens is 440 g/mol. The van der Waals surface area contributed by atoms with Crippen LogP contribution in [0.4, 0.5) is 0 Å². The van der Waals surface area contributed by atoms with Crippen LogP contribution in [0.2, 0.25) is 0 Å². The van der Waals surface area contributed by atoms with Crippen molar-refractivity contribution in [2.45, 2.75) is 0 Å². The number of esters is 4. The summed E-state index contributed by atoms with van der Waals surface area (Å²) < 4.78 is 19.8. The molecule has 0 spiro atoms. The van der Waals surface area contributed by atoms with E-state index in [1.807, 2.05) is 30.3 Å². The molecule has 8 heteroatoms. The molecule has 8 nitrogen and oxygen atoms in total. The lowest BCUT2D eigenvalue weighted by Crippen LogP contribution is -2.27. The Morgan fingerprint density at radius 3 is 1.74 bits per heavy atom. The van der Waals surface area contributed by atoms with Gasteiger partial charge < -0.3 is 18.9 Å². The average molecular weight is 464 g/mol. The summed E-state index contributed by atoms with van der Waals surface area (Å²) in [5.41, 5.74) is 0.820. The number of rotatable bonds is 6. The number of allylic oxidation sites excluding steroid dienone is 4. The minimum atomic E-state index is -1.08. The van der Waals surface area contributed by atoms with Crippen molar-refractivity contribution in [2.75, 3.05) is 28.4 Å². The fourth-order valence-electron chi connectivity index (χ4n) is 4.09. The Hall–Kier alpha value is -4.20. The first-order valence-corrected chi connectivity index (χ1v) is 10.3. The number of benzene rings is 1. The molecule has 0 amide bonds. The Bertz CT molecular complexity index is 1160. The monoisotopic (exact) mass is 464 g/mol. The Kier molecular flexibility index (Phi) is 7.63. The topological polar surface area (TPSA) is 105 Å². The SMILES string of the molecule is COC(=O)C1=C(C(=O)OC)C2C=CC(C(C(=O)OC)=C2C(=O)OC)/C1=C/C=C/c1ccccc1. The van der Waals surface area contributed by atoms with Gasteiger partial charge in [-0.1, -0.05) is 60.7 Å². The highest BCUT2D eigenvalue weighted by Gasteiger charge is 2.47. The fraction of sp³-hybridized carbons (Fsp3) is 0.231. The highest BCUT2D eigenvalue weighted by molar-refractivity contribution is 6.11. The Labute approximate surface area is 196 Å². The molecule has 0 fully saturated rings. The molecule has 0 saturated heterocycles. The molecule has 0 saturated carbocycles. The molecule has 34 heavy (non-hydrogen) atoms. The van der Waals surface area contributed by atoms with Crippen LogP contribution < -0.4 is 0 Å². The van der Waals surface area contributed by atoms with Crippen molar-refractivity contribution >= 4 is 30.0 Å². The van der Waals surface area contributed by atoms with Crippen LogP contribution in [0.5, 0.6) is 0 Å². The number of methoxy groups -OCH3 is 4. The van der Waals surface area contributed by atoms with Crippen LogP contribution in [-0.2, 0) is 38.1 Å². The lowest BCUT2D eigenvalue weighted by molar-refractivity contribution is -0.140. The van der Waals surface area contributed by atoms with Crippen molar-refractivity contribution in [3.8, 4) is 0 Å². The largest absolute Gasteiger partial charge is 0.466 e. The molecule has 2 bridgehead atoms. The summed E-state index contributed by atoms with van der Waals surface area (Å²) in [5, 5.41) is 0. The van der Waals surface area contributed by atoms with Gasteiger partial charge in [0, 0.05) is 11.8 Å². The normalized spacial score (nSPS) is 20.4. The minimum Gasteiger partial charge on any atom is -0.466 e. The van der Waals surface area contributed by atoms with Crippen LogP contribution >= 0.6 is 0 Å². The third kappa shape index (κ3) is 4.47. The van der Waals surface area contributed by atoms with Crippen molar-refractivity contribution in [3.05, 3.63) is 88.1 Å². The van der Waals surface area contributed by atoms with Crippen molar-refractivity contribution < 1.29 is 38.1 Å². The Morgan fingerprint density at radius 2 is 1.18 bits per heavy atom. The van der Waals surface area contributed by atoms with E-state index in [2.05, 4.69) is 0 Å². The second-order valence-corrected chi connectivity index (χ2v) is 7.31. The summed E-state index contributed by atoms with van der Waals surface area (Å²) in [4.78, 5) is 51.6. The Morgan fingerprint density at radius 1 is 0.676 bits per heavy atom. The van der Waals surface area contributed by atoms with Crippen LogP contribution in [-0.4, -0.2) is 52.3 Å². The third-order valence-corrected chi connectivity index (χ3v) is 5.58. The first-order valence-electron chi connectivity index (χ1n) is 10.3. The van der Waals surface area contributed by atoms with Gasteiger partial charge in [0.15, 0.2) is 0 Å². The molecule has 1 aromatic rings. The summed E-state index contributed by atoms with van der Waals surface area (Å²) in [6.45, 7) is 0. The second kappa shape index (κ2) is 10.6. The zero-order valence-electron chi connectivity index (χ0n) is 19.2. The lowest BCUT2D eigenvalue weighted by Gasteiger charge is -2.24. The minimum absolute atomic E-state index is 0.0264. The highest BCUT2D eigenvalue weighted by atomic mass is 16.5. The fourth-order valence-corrected chi connectivity index (χ4v) is 4.09. The van der Waals surface area contributed by atoms with Crippen LogP contribution in [0.1, 0.15) is 5.56 Å². The van der Waals surface area contributed by atoms with Crippen LogP contribution in [0.15, 0.2) is 82.5 Å². The first-order chi connectivity index (χ1) is 16.4. The number of carbonyl (C=O) groups is 4. The van der Waals surface area contributed by atoms with E-state index in [9.17, 15) is 19.2 Å². The van der Waals surface area contributed by atoms with Gasteiger partial charge in [-0.2, -0.15) is 0 Å². The van der Waals surface area contributed by atoms with E-state index in [0.717, 1.165) is 19.8 Å². The van der Waals surface area contributed by atoms with Crippen LogP contribution in [0.25, 0.3) is 6.08 Å². The predicted molar refractivity (Wildman–Crippen MR) is 122 cm³/mol. The predicted octanol–water partition coefficient (Wildman–Crippen LogP) is 2.73. The average Bonchev–Trinajstić information content (AvgIpc) is 3.10. The van der Waals surface area contributed by atoms with Crippen molar-refractivity contribution in [1.82, 2.24) is 0 Å². The summed E-state index contributed by atoms with van der Waals surface area (Å²) >= 11 is 0. The van der Waals surface area contributed by atoms with Gasteiger partial charge in [-0.05, 0) is 11.1 Å². The molecule has 2 unspecified atom stereocenters. The van der Waals surface area contributed by atoms with Gasteiger partial charge >= 0.3 is 23.9 Å². The van der Waals surface area contributed by atoms with E-state index in [0.29, 0.717) is 0 Å². The molecule has 0 aromatic heterocycles. The second-order valence-electron chi connectivity index (χ2n) is 7.31. The van der Waals surface area contributed by atoms with Crippen LogP contribution in [0.3, 0.4) is 0 Å². The molecule has 0 N–H and O–H groups in total. The molecule has 0 heterocycles. The molecule has 2 atom stereocenters. The summed E-state index contributed by atoms with van der Waals surface area (Å²) in [6.07, 6.45) is 8.29. The van der Waals surface area contributed by atoms with Gasteiger partial charge in [0.25, 0.3) is 0 Å². The van der Waals surface area contributed by atoms with E-state index >= 15 is 0 Å². The molecule has 0 aliphatic heterocycles. The first kappa shape index (κ1) is 24.4. The maximum atomic E-state index is 13.0. The quantitative estimate of drug-likeness (QED) is 0.360. The van der Waals surface area contributed by atoms with E-state index in [4.69, 9.17) is 18.9 Å². The summed E-state index contributed by atoms with van der Waals surface area (Å²) in [5.74, 6) is -5.23. The third-order valence-electron chi connectivity index (χ3n) is 5.58. The molecular formula is C26H24O8. The number of ether oxygens (including phenoxy) is 4. The van der Waals surface area contributed by atoms with E-state index in [1.165, 1.54) is 14.2 Å². The molecule has 176 valence electrons. The zero-order valence-corrected chi connectivity index (χ0v) is 19.2. The zero-order chi connectivity index (χ0) is 24.8. The number of carbonyl (C=O) groups excluding carboxylic acids is 4. The molecule has 3 aliphatic carbocycles. The van der Waals surface area contributed by atoms with E-state index in [-0.39, 0.29) is 27.9 Å². The van der Waals surface area contributed by atoms with Gasteiger partial charge in [-0.25, -0.2) is 19.2 Å². The van der Waals surface area contributed by atoms with Gasteiger partial charge in [0.05, 0.1) is 50.7 Å². The standard InChI is InChI=1S/C26H24O8/c1-31-23(27)19-16(12-8-11-15-9-6-5-7-10-15)17-13-14-18(21(19)25(29)33-3)22(26(30)34-4)20(17)24(28)32-2/h5-14,17-18H,1-4H3/b11-8+,16-12-. The lowest BCUT2D eigenvalue weighted by atomic mass is 9.79. The Balaban J connectivity index is 2.36. The van der Waals surface area contributed by atoms with Gasteiger partial charge in [-0.3, -0.25) is 0 Å². The maximum absolute atomic E-state index is 13.0. The molecule has 4 rings (SSSR count). The van der Waals surface area contributed by atoms with Gasteiger partial charge in [-0.15, -0.1) is 0 Å². The van der Waals surface area contributed by atoms with Gasteiger partial charge in [0.1, 0.15) is 0 Å². The highest BCUT2D eigenvalue weighted by Crippen LogP contribution is 2.46.